The molecule has 0 aliphatic heterocycles. The zero-order chi connectivity index (χ0) is 17.1. The minimum absolute atomic E-state index is 0.0489. The summed E-state index contributed by atoms with van der Waals surface area (Å²) < 4.78 is 15.5. The Bertz CT molecular complexity index is 779. The Balaban J connectivity index is 2.96. The van der Waals surface area contributed by atoms with Crippen LogP contribution in [-0.4, -0.2) is 38.2 Å². The summed E-state index contributed by atoms with van der Waals surface area (Å²) in [7, 11) is 2.93. The van der Waals surface area contributed by atoms with Crippen molar-refractivity contribution in [2.75, 3.05) is 20.8 Å². The SMILES string of the molecule is CCOC(=O)c1c(C)c(C=O)c(O)c2cc(OC)c(OC)cc12. The molecule has 6 heteroatoms. The highest BCUT2D eigenvalue weighted by molar-refractivity contribution is 6.12. The van der Waals surface area contributed by atoms with Gasteiger partial charge in [0.25, 0.3) is 0 Å². The van der Waals surface area contributed by atoms with Gasteiger partial charge in [-0.3, -0.25) is 4.79 Å². The number of esters is 1. The zero-order valence-corrected chi connectivity index (χ0v) is 13.4. The van der Waals surface area contributed by atoms with Crippen LogP contribution in [0.3, 0.4) is 0 Å². The highest BCUT2D eigenvalue weighted by Gasteiger charge is 2.23. The molecule has 2 aromatic carbocycles. The summed E-state index contributed by atoms with van der Waals surface area (Å²) in [5.41, 5.74) is 0.631. The van der Waals surface area contributed by atoms with Crippen LogP contribution >= 0.6 is 0 Å². The first-order valence-electron chi connectivity index (χ1n) is 7.03. The topological polar surface area (TPSA) is 82.1 Å². The lowest BCUT2D eigenvalue weighted by molar-refractivity contribution is 0.0528. The fourth-order valence-corrected chi connectivity index (χ4v) is 2.55. The summed E-state index contributed by atoms with van der Waals surface area (Å²) in [5.74, 6) is 0.0147. The Labute approximate surface area is 133 Å². The summed E-state index contributed by atoms with van der Waals surface area (Å²) >= 11 is 0. The molecule has 0 aromatic heterocycles. The number of aromatic hydroxyl groups is 1. The van der Waals surface area contributed by atoms with E-state index in [4.69, 9.17) is 14.2 Å². The number of carbonyl (C=O) groups is 2. The highest BCUT2D eigenvalue weighted by atomic mass is 16.5. The number of hydrogen-bond donors (Lipinski definition) is 1. The Morgan fingerprint density at radius 2 is 1.74 bits per heavy atom. The van der Waals surface area contributed by atoms with Gasteiger partial charge in [-0.2, -0.15) is 0 Å². The number of ether oxygens (including phenoxy) is 3. The zero-order valence-electron chi connectivity index (χ0n) is 13.4. The molecule has 0 aliphatic carbocycles. The van der Waals surface area contributed by atoms with E-state index in [2.05, 4.69) is 0 Å². The van der Waals surface area contributed by atoms with Gasteiger partial charge in [-0.1, -0.05) is 0 Å². The summed E-state index contributed by atoms with van der Waals surface area (Å²) in [5, 5.41) is 11.1. The van der Waals surface area contributed by atoms with E-state index < -0.39 is 5.97 Å². The van der Waals surface area contributed by atoms with Crippen molar-refractivity contribution in [3.8, 4) is 17.2 Å². The third kappa shape index (κ3) is 2.67. The molecule has 0 spiro atoms. The third-order valence-electron chi connectivity index (χ3n) is 3.68. The second-order valence-corrected chi connectivity index (χ2v) is 4.85. The molecule has 2 aromatic rings. The monoisotopic (exact) mass is 318 g/mol. The van der Waals surface area contributed by atoms with Crippen LogP contribution in [0, 0.1) is 6.92 Å². The van der Waals surface area contributed by atoms with E-state index in [9.17, 15) is 14.7 Å². The largest absolute Gasteiger partial charge is 0.507 e. The van der Waals surface area contributed by atoms with E-state index in [-0.39, 0.29) is 23.5 Å². The summed E-state index contributed by atoms with van der Waals surface area (Å²) in [6, 6.07) is 3.11. The van der Waals surface area contributed by atoms with Crippen molar-refractivity contribution >= 4 is 23.0 Å². The lowest BCUT2D eigenvalue weighted by Gasteiger charge is -2.16. The average Bonchev–Trinajstić information content (AvgIpc) is 2.54. The summed E-state index contributed by atoms with van der Waals surface area (Å²) in [6.45, 7) is 3.48. The third-order valence-corrected chi connectivity index (χ3v) is 3.68. The Morgan fingerprint density at radius 3 is 2.22 bits per heavy atom. The Morgan fingerprint density at radius 1 is 1.17 bits per heavy atom. The van der Waals surface area contributed by atoms with E-state index in [0.717, 1.165) is 0 Å². The average molecular weight is 318 g/mol. The molecule has 0 amide bonds. The Kier molecular flexibility index (Phi) is 4.74. The fourth-order valence-electron chi connectivity index (χ4n) is 2.55. The van der Waals surface area contributed by atoms with Crippen LogP contribution in [0.1, 0.15) is 33.2 Å². The maximum absolute atomic E-state index is 12.3. The number of hydrogen-bond acceptors (Lipinski definition) is 6. The molecule has 0 radical (unpaired) electrons. The van der Waals surface area contributed by atoms with Crippen LogP contribution in [0.4, 0.5) is 0 Å². The number of phenols is 1. The fraction of sp³-hybridized carbons (Fsp3) is 0.294. The molecule has 0 atom stereocenters. The maximum atomic E-state index is 12.3. The van der Waals surface area contributed by atoms with Gasteiger partial charge in [-0.15, -0.1) is 0 Å². The molecule has 1 N–H and O–H groups in total. The van der Waals surface area contributed by atoms with Gasteiger partial charge in [-0.25, -0.2) is 4.79 Å². The highest BCUT2D eigenvalue weighted by Crippen LogP contribution is 2.41. The van der Waals surface area contributed by atoms with Crippen LogP contribution in [0.25, 0.3) is 10.8 Å². The van der Waals surface area contributed by atoms with Crippen molar-refractivity contribution in [1.29, 1.82) is 0 Å². The molecule has 0 fully saturated rings. The molecule has 0 unspecified atom stereocenters. The van der Waals surface area contributed by atoms with Gasteiger partial charge >= 0.3 is 5.97 Å². The minimum Gasteiger partial charge on any atom is -0.507 e. The standard InChI is InChI=1S/C17H18O6/c1-5-23-17(20)15-9(2)12(8-18)16(19)11-7-14(22-4)13(21-3)6-10(11)15/h6-8,19H,5H2,1-4H3. The van der Waals surface area contributed by atoms with E-state index in [0.29, 0.717) is 34.1 Å². The molecular weight excluding hydrogens is 300 g/mol. The molecule has 0 heterocycles. The molecule has 6 nitrogen and oxygen atoms in total. The molecule has 2 rings (SSSR count). The normalized spacial score (nSPS) is 10.4. The molecule has 23 heavy (non-hydrogen) atoms. The molecule has 0 saturated heterocycles. The lowest BCUT2D eigenvalue weighted by Crippen LogP contribution is -2.10. The summed E-state index contributed by atoms with van der Waals surface area (Å²) in [6.07, 6.45) is 0.517. The first kappa shape index (κ1) is 16.6. The smallest absolute Gasteiger partial charge is 0.339 e. The Hall–Kier alpha value is -2.76. The van der Waals surface area contributed by atoms with E-state index in [1.165, 1.54) is 20.3 Å². The number of methoxy groups -OCH3 is 2. The quantitative estimate of drug-likeness (QED) is 0.674. The van der Waals surface area contributed by atoms with Crippen LogP contribution in [0.5, 0.6) is 17.2 Å². The van der Waals surface area contributed by atoms with Crippen molar-refractivity contribution < 1.29 is 28.9 Å². The molecule has 0 bridgehead atoms. The predicted molar refractivity (Wildman–Crippen MR) is 84.8 cm³/mol. The van der Waals surface area contributed by atoms with E-state index >= 15 is 0 Å². The van der Waals surface area contributed by atoms with Crippen LogP contribution in [0.2, 0.25) is 0 Å². The van der Waals surface area contributed by atoms with Crippen LogP contribution in [0.15, 0.2) is 12.1 Å². The van der Waals surface area contributed by atoms with E-state index in [1.54, 1.807) is 19.9 Å². The molecule has 0 aliphatic rings. The summed E-state index contributed by atoms with van der Waals surface area (Å²) in [4.78, 5) is 23.7. The van der Waals surface area contributed by atoms with E-state index in [1.807, 2.05) is 0 Å². The number of rotatable bonds is 5. The number of benzene rings is 2. The van der Waals surface area contributed by atoms with Crippen LogP contribution in [-0.2, 0) is 4.74 Å². The van der Waals surface area contributed by atoms with Gasteiger partial charge in [0.2, 0.25) is 0 Å². The minimum atomic E-state index is -0.565. The van der Waals surface area contributed by atoms with Gasteiger partial charge in [0.1, 0.15) is 5.75 Å². The molecular formula is C17H18O6. The van der Waals surface area contributed by atoms with Gasteiger partial charge in [0.05, 0.1) is 32.0 Å². The lowest BCUT2D eigenvalue weighted by atomic mass is 9.93. The van der Waals surface area contributed by atoms with Crippen molar-refractivity contribution in [2.45, 2.75) is 13.8 Å². The second-order valence-electron chi connectivity index (χ2n) is 4.85. The van der Waals surface area contributed by atoms with Crippen LogP contribution < -0.4 is 9.47 Å². The van der Waals surface area contributed by atoms with Crippen molar-refractivity contribution in [1.82, 2.24) is 0 Å². The van der Waals surface area contributed by atoms with Crippen molar-refractivity contribution in [3.63, 3.8) is 0 Å². The van der Waals surface area contributed by atoms with Gasteiger partial charge in [0.15, 0.2) is 17.8 Å². The number of fused-ring (bicyclic) bond motifs is 1. The first-order chi connectivity index (χ1) is 11.0. The number of carbonyl (C=O) groups excluding carboxylic acids is 2. The van der Waals surface area contributed by atoms with Gasteiger partial charge in [-0.05, 0) is 31.5 Å². The number of aldehydes is 1. The van der Waals surface area contributed by atoms with Crippen molar-refractivity contribution in [2.24, 2.45) is 0 Å². The molecule has 0 saturated carbocycles. The maximum Gasteiger partial charge on any atom is 0.339 e. The predicted octanol–water partition coefficient (Wildman–Crippen LogP) is 2.86. The second kappa shape index (κ2) is 6.56. The van der Waals surface area contributed by atoms with Crippen molar-refractivity contribution in [3.05, 3.63) is 28.8 Å². The molecule has 122 valence electrons. The number of phenolic OH excluding ortho intramolecular Hbond substituents is 1. The first-order valence-corrected chi connectivity index (χ1v) is 7.03. The van der Waals surface area contributed by atoms with Gasteiger partial charge < -0.3 is 19.3 Å². The van der Waals surface area contributed by atoms with Gasteiger partial charge in [0, 0.05) is 10.8 Å².